The number of carboxylic acids is 1. The Morgan fingerprint density at radius 1 is 1.14 bits per heavy atom. The van der Waals surface area contributed by atoms with E-state index in [1.165, 1.54) is 4.90 Å². The molecule has 0 aliphatic carbocycles. The van der Waals surface area contributed by atoms with E-state index >= 15 is 0 Å². The van der Waals surface area contributed by atoms with E-state index < -0.39 is 30.0 Å². The van der Waals surface area contributed by atoms with Crippen LogP contribution in [-0.2, 0) is 9.59 Å². The number of benzene rings is 2. The topological polar surface area (TPSA) is 98.7 Å². The van der Waals surface area contributed by atoms with Crippen molar-refractivity contribution in [1.29, 1.82) is 0 Å². The number of likely N-dealkylation sites (tertiary alicyclic amines) is 1. The van der Waals surface area contributed by atoms with Crippen LogP contribution in [0.5, 0.6) is 0 Å². The fourth-order valence-electron chi connectivity index (χ4n) is 3.37. The molecule has 0 aromatic heterocycles. The molecular weight excluding hydrogens is 426 g/mol. The molecule has 3 amide bonds. The van der Waals surface area contributed by atoms with E-state index in [1.54, 1.807) is 61.5 Å². The summed E-state index contributed by atoms with van der Waals surface area (Å²) in [5.74, 6) is -1.51. The minimum Gasteiger partial charge on any atom is -0.479 e. The maximum atomic E-state index is 12.9. The molecule has 7 nitrogen and oxygen atoms in total. The Kier molecular flexibility index (Phi) is 5.99. The third-order valence-electron chi connectivity index (χ3n) is 4.64. The SMILES string of the molecule is CC1C[C@H](NC(=O)Nc2ccc(Br)cc2)C(=O)N1[C@H](C(=O)O)c1ccccc1. The van der Waals surface area contributed by atoms with Crippen molar-refractivity contribution in [3.8, 4) is 0 Å². The van der Waals surface area contributed by atoms with Crippen molar-refractivity contribution in [2.24, 2.45) is 0 Å². The summed E-state index contributed by atoms with van der Waals surface area (Å²) in [5.41, 5.74) is 1.11. The van der Waals surface area contributed by atoms with Crippen molar-refractivity contribution in [2.75, 3.05) is 5.32 Å². The van der Waals surface area contributed by atoms with Gasteiger partial charge < -0.3 is 20.6 Å². The molecule has 1 aliphatic heterocycles. The van der Waals surface area contributed by atoms with Gasteiger partial charge in [-0.15, -0.1) is 0 Å². The van der Waals surface area contributed by atoms with Gasteiger partial charge in [0.2, 0.25) is 5.91 Å². The van der Waals surface area contributed by atoms with E-state index in [-0.39, 0.29) is 6.04 Å². The zero-order valence-electron chi connectivity index (χ0n) is 15.1. The van der Waals surface area contributed by atoms with Gasteiger partial charge in [-0.2, -0.15) is 0 Å². The van der Waals surface area contributed by atoms with Crippen LogP contribution in [0, 0.1) is 0 Å². The first-order valence-electron chi connectivity index (χ1n) is 8.80. The summed E-state index contributed by atoms with van der Waals surface area (Å²) in [6.45, 7) is 1.78. The first-order chi connectivity index (χ1) is 13.4. The number of carboxylic acid groups (broad SMARTS) is 1. The highest BCUT2D eigenvalue weighted by Gasteiger charge is 2.44. The van der Waals surface area contributed by atoms with Crippen molar-refractivity contribution < 1.29 is 19.5 Å². The van der Waals surface area contributed by atoms with Crippen molar-refractivity contribution in [3.05, 3.63) is 64.6 Å². The zero-order valence-corrected chi connectivity index (χ0v) is 16.7. The zero-order chi connectivity index (χ0) is 20.3. The molecule has 28 heavy (non-hydrogen) atoms. The van der Waals surface area contributed by atoms with Crippen LogP contribution in [0.4, 0.5) is 10.5 Å². The number of anilines is 1. The van der Waals surface area contributed by atoms with E-state index in [9.17, 15) is 19.5 Å². The predicted molar refractivity (Wildman–Crippen MR) is 108 cm³/mol. The summed E-state index contributed by atoms with van der Waals surface area (Å²) in [4.78, 5) is 38.4. The molecule has 3 rings (SSSR count). The monoisotopic (exact) mass is 445 g/mol. The molecule has 0 saturated carbocycles. The van der Waals surface area contributed by atoms with Gasteiger partial charge in [0.05, 0.1) is 0 Å². The number of nitrogens with zero attached hydrogens (tertiary/aromatic N) is 1. The average molecular weight is 446 g/mol. The molecule has 0 radical (unpaired) electrons. The summed E-state index contributed by atoms with van der Waals surface area (Å²) < 4.78 is 0.884. The van der Waals surface area contributed by atoms with Gasteiger partial charge in [0, 0.05) is 16.2 Å². The molecule has 0 bridgehead atoms. The van der Waals surface area contributed by atoms with Crippen molar-refractivity contribution in [2.45, 2.75) is 31.5 Å². The van der Waals surface area contributed by atoms with Gasteiger partial charge in [-0.1, -0.05) is 46.3 Å². The van der Waals surface area contributed by atoms with E-state index in [4.69, 9.17) is 0 Å². The first-order valence-corrected chi connectivity index (χ1v) is 9.59. The third kappa shape index (κ3) is 4.33. The second-order valence-corrected chi connectivity index (χ2v) is 7.56. The highest BCUT2D eigenvalue weighted by molar-refractivity contribution is 9.10. The highest BCUT2D eigenvalue weighted by Crippen LogP contribution is 2.31. The van der Waals surface area contributed by atoms with E-state index in [0.717, 1.165) is 4.47 Å². The Bertz CT molecular complexity index is 873. The number of carbonyl (C=O) groups excluding carboxylic acids is 2. The molecule has 3 atom stereocenters. The smallest absolute Gasteiger partial charge is 0.331 e. The van der Waals surface area contributed by atoms with Crippen molar-refractivity contribution in [3.63, 3.8) is 0 Å². The minimum atomic E-state index is -1.11. The number of nitrogens with one attached hydrogen (secondary N) is 2. The van der Waals surface area contributed by atoms with Gasteiger partial charge in [0.25, 0.3) is 0 Å². The molecule has 146 valence electrons. The van der Waals surface area contributed by atoms with E-state index in [1.807, 2.05) is 0 Å². The molecule has 3 N–H and O–H groups in total. The molecule has 1 heterocycles. The second-order valence-electron chi connectivity index (χ2n) is 6.64. The van der Waals surface area contributed by atoms with Crippen LogP contribution in [0.25, 0.3) is 0 Å². The lowest BCUT2D eigenvalue weighted by molar-refractivity contribution is -0.150. The fraction of sp³-hybridized carbons (Fsp3) is 0.250. The van der Waals surface area contributed by atoms with Gasteiger partial charge in [-0.05, 0) is 43.2 Å². The summed E-state index contributed by atoms with van der Waals surface area (Å²) in [6, 6.07) is 12.9. The number of hydrogen-bond donors (Lipinski definition) is 3. The van der Waals surface area contributed by atoms with Gasteiger partial charge >= 0.3 is 12.0 Å². The molecule has 1 aliphatic rings. The average Bonchev–Trinajstić information content (AvgIpc) is 2.92. The maximum Gasteiger partial charge on any atom is 0.331 e. The molecule has 2 aromatic carbocycles. The molecule has 1 unspecified atom stereocenters. The number of hydrogen-bond acceptors (Lipinski definition) is 3. The molecule has 8 heteroatoms. The van der Waals surface area contributed by atoms with Gasteiger partial charge in [0.15, 0.2) is 6.04 Å². The largest absolute Gasteiger partial charge is 0.479 e. The Morgan fingerprint density at radius 2 is 1.79 bits per heavy atom. The standard InChI is InChI=1S/C20H20BrN3O4/c1-12-11-16(23-20(28)22-15-9-7-14(21)8-10-15)18(25)24(12)17(19(26)27)13-5-3-2-4-6-13/h2-10,12,16-17H,11H2,1H3,(H,26,27)(H2,22,23,28)/t12?,16-,17-/m0/s1. The van der Waals surface area contributed by atoms with E-state index in [2.05, 4.69) is 26.6 Å². The Balaban J connectivity index is 1.71. The summed E-state index contributed by atoms with van der Waals surface area (Å²) in [7, 11) is 0. The van der Waals surface area contributed by atoms with Crippen molar-refractivity contribution >= 4 is 39.5 Å². The van der Waals surface area contributed by atoms with Crippen molar-refractivity contribution in [1.82, 2.24) is 10.2 Å². The highest BCUT2D eigenvalue weighted by atomic mass is 79.9. The van der Waals surface area contributed by atoms with E-state index in [0.29, 0.717) is 17.7 Å². The number of aliphatic carboxylic acids is 1. The Hall–Kier alpha value is -2.87. The number of urea groups is 1. The molecule has 1 saturated heterocycles. The van der Waals surface area contributed by atoms with Crippen LogP contribution in [0.2, 0.25) is 0 Å². The Labute approximate surface area is 170 Å². The quantitative estimate of drug-likeness (QED) is 0.656. The van der Waals surface area contributed by atoms with Crippen LogP contribution in [0.3, 0.4) is 0 Å². The number of carbonyl (C=O) groups is 3. The van der Waals surface area contributed by atoms with Crippen LogP contribution >= 0.6 is 15.9 Å². The fourth-order valence-corrected chi connectivity index (χ4v) is 3.64. The van der Waals surface area contributed by atoms with Crippen LogP contribution in [-0.4, -0.2) is 40.0 Å². The predicted octanol–water partition coefficient (Wildman–Crippen LogP) is 3.39. The van der Waals surface area contributed by atoms with Crippen LogP contribution in [0.1, 0.15) is 24.9 Å². The molecular formula is C20H20BrN3O4. The molecule has 0 spiro atoms. The Morgan fingerprint density at radius 3 is 2.39 bits per heavy atom. The third-order valence-corrected chi connectivity index (χ3v) is 5.17. The van der Waals surface area contributed by atoms with Gasteiger partial charge in [-0.25, -0.2) is 9.59 Å². The summed E-state index contributed by atoms with van der Waals surface area (Å²) >= 11 is 3.32. The lowest BCUT2D eigenvalue weighted by Gasteiger charge is -2.29. The number of rotatable bonds is 5. The van der Waals surface area contributed by atoms with Crippen LogP contribution in [0.15, 0.2) is 59.1 Å². The van der Waals surface area contributed by atoms with Gasteiger partial charge in [-0.3, -0.25) is 4.79 Å². The second kappa shape index (κ2) is 8.43. The summed E-state index contributed by atoms with van der Waals surface area (Å²) in [5, 5.41) is 15.0. The maximum absolute atomic E-state index is 12.9. The lowest BCUT2D eigenvalue weighted by atomic mass is 10.0. The lowest BCUT2D eigenvalue weighted by Crippen LogP contribution is -2.45. The number of amides is 3. The summed E-state index contributed by atoms with van der Waals surface area (Å²) in [6.07, 6.45) is 0.337. The number of halogens is 1. The first kappa shape index (κ1) is 19.9. The normalized spacial score (nSPS) is 19.9. The minimum absolute atomic E-state index is 0.327. The van der Waals surface area contributed by atoms with Crippen LogP contribution < -0.4 is 10.6 Å². The molecule has 2 aromatic rings. The molecule has 1 fully saturated rings. The van der Waals surface area contributed by atoms with Gasteiger partial charge in [0.1, 0.15) is 6.04 Å².